The maximum atomic E-state index is 12.6. The Labute approximate surface area is 170 Å². The van der Waals surface area contributed by atoms with E-state index >= 15 is 0 Å². The van der Waals surface area contributed by atoms with Gasteiger partial charge in [0, 0.05) is 26.2 Å². The Morgan fingerprint density at radius 1 is 1.11 bits per heavy atom. The largest absolute Gasteiger partial charge is 0.455 e. The lowest BCUT2D eigenvalue weighted by atomic mass is 10.3. The zero-order chi connectivity index (χ0) is 20.1. The number of benzene rings is 1. The van der Waals surface area contributed by atoms with Gasteiger partial charge in [0.1, 0.15) is 5.76 Å². The summed E-state index contributed by atoms with van der Waals surface area (Å²) in [5.41, 5.74) is 0. The van der Waals surface area contributed by atoms with Crippen molar-refractivity contribution in [2.24, 2.45) is 0 Å². The summed E-state index contributed by atoms with van der Waals surface area (Å²) in [4.78, 5) is 28.1. The number of carbonyl (C=O) groups excluding carboxylic acids is 2. The summed E-state index contributed by atoms with van der Waals surface area (Å²) in [5, 5.41) is 0.433. The van der Waals surface area contributed by atoms with Crippen LogP contribution in [0.4, 0.5) is 4.79 Å². The Morgan fingerprint density at radius 2 is 1.79 bits per heavy atom. The van der Waals surface area contributed by atoms with E-state index < -0.39 is 10.8 Å². The predicted octanol–water partition coefficient (Wildman–Crippen LogP) is 3.16. The van der Waals surface area contributed by atoms with Crippen LogP contribution < -0.4 is 0 Å². The molecule has 1 fully saturated rings. The minimum atomic E-state index is -1.37. The molecule has 28 heavy (non-hydrogen) atoms. The fourth-order valence-corrected chi connectivity index (χ4v) is 4.35. The highest BCUT2D eigenvalue weighted by atomic mass is 35.5. The Hall–Kier alpha value is -2.32. The van der Waals surface area contributed by atoms with Crippen LogP contribution >= 0.6 is 11.6 Å². The molecule has 1 aromatic heterocycles. The molecule has 150 valence electrons. The van der Waals surface area contributed by atoms with E-state index in [1.54, 1.807) is 53.1 Å². The Morgan fingerprint density at radius 3 is 2.46 bits per heavy atom. The highest BCUT2D eigenvalue weighted by molar-refractivity contribution is 7.84. The summed E-state index contributed by atoms with van der Waals surface area (Å²) >= 11 is 6.07. The molecule has 0 unspecified atom stereocenters. The molecular weight excluding hydrogens is 404 g/mol. The third kappa shape index (κ3) is 4.74. The fourth-order valence-electron chi connectivity index (χ4n) is 2.87. The van der Waals surface area contributed by atoms with Gasteiger partial charge < -0.3 is 19.0 Å². The van der Waals surface area contributed by atoms with Crippen LogP contribution in [-0.2, 0) is 21.3 Å². The number of piperazine rings is 1. The summed E-state index contributed by atoms with van der Waals surface area (Å²) in [6.45, 7) is 3.70. The van der Waals surface area contributed by atoms with Crippen molar-refractivity contribution < 1.29 is 23.0 Å². The van der Waals surface area contributed by atoms with Gasteiger partial charge in [0.25, 0.3) is 5.91 Å². The quantitative estimate of drug-likeness (QED) is 0.736. The average Bonchev–Trinajstić information content (AvgIpc) is 3.16. The summed E-state index contributed by atoms with van der Waals surface area (Å²) in [5.74, 6) is 0.522. The molecule has 0 saturated carbocycles. The Balaban J connectivity index is 1.58. The molecule has 1 atom stereocenters. The van der Waals surface area contributed by atoms with Crippen LogP contribution in [0.1, 0.15) is 23.2 Å². The van der Waals surface area contributed by atoms with E-state index in [9.17, 15) is 13.8 Å². The van der Waals surface area contributed by atoms with Crippen molar-refractivity contribution in [2.75, 3.05) is 32.8 Å². The molecule has 1 saturated heterocycles. The van der Waals surface area contributed by atoms with E-state index in [0.717, 1.165) is 0 Å². The van der Waals surface area contributed by atoms with Crippen LogP contribution in [0, 0.1) is 0 Å². The van der Waals surface area contributed by atoms with Gasteiger partial charge in [-0.25, -0.2) is 4.79 Å². The van der Waals surface area contributed by atoms with E-state index in [4.69, 9.17) is 20.8 Å². The maximum Gasteiger partial charge on any atom is 0.409 e. The van der Waals surface area contributed by atoms with Crippen LogP contribution in [-0.4, -0.2) is 58.8 Å². The molecule has 0 N–H and O–H groups in total. The third-order valence-corrected chi connectivity index (χ3v) is 6.16. The first-order chi connectivity index (χ1) is 13.5. The standard InChI is InChI=1S/C19H21ClN2O5S/c1-2-26-19(24)22-11-9-21(10-12-22)18(23)16-8-7-14(27-16)13-28(25)17-6-4-3-5-15(17)20/h3-8H,2,9-13H2,1H3/t28-/m0/s1. The molecule has 9 heteroatoms. The van der Waals surface area contributed by atoms with Gasteiger partial charge in [-0.05, 0) is 31.2 Å². The molecular formula is C19H21ClN2O5S. The molecule has 3 rings (SSSR count). The summed E-state index contributed by atoms with van der Waals surface area (Å²) in [6.07, 6.45) is -0.364. The molecule has 2 amide bonds. The molecule has 2 aromatic rings. The van der Waals surface area contributed by atoms with Crippen molar-refractivity contribution in [1.82, 2.24) is 9.80 Å². The highest BCUT2D eigenvalue weighted by Gasteiger charge is 2.27. The van der Waals surface area contributed by atoms with Gasteiger partial charge in [0.15, 0.2) is 5.76 Å². The van der Waals surface area contributed by atoms with E-state index in [-0.39, 0.29) is 23.5 Å². The third-order valence-electron chi connectivity index (χ3n) is 4.32. The second-order valence-electron chi connectivity index (χ2n) is 6.16. The van der Waals surface area contributed by atoms with Crippen molar-refractivity contribution in [2.45, 2.75) is 17.6 Å². The average molecular weight is 425 g/mol. The van der Waals surface area contributed by atoms with Crippen LogP contribution in [0.25, 0.3) is 0 Å². The number of furan rings is 1. The number of nitrogens with zero attached hydrogens (tertiary/aromatic N) is 2. The normalized spacial score (nSPS) is 15.4. The molecule has 0 radical (unpaired) electrons. The van der Waals surface area contributed by atoms with Crippen molar-refractivity contribution >= 4 is 34.4 Å². The predicted molar refractivity (Wildman–Crippen MR) is 105 cm³/mol. The fraction of sp³-hybridized carbons (Fsp3) is 0.368. The van der Waals surface area contributed by atoms with Gasteiger partial charge in [0.2, 0.25) is 0 Å². The number of halogens is 1. The van der Waals surface area contributed by atoms with E-state index in [1.807, 2.05) is 0 Å². The van der Waals surface area contributed by atoms with E-state index in [2.05, 4.69) is 0 Å². The van der Waals surface area contributed by atoms with Crippen molar-refractivity contribution in [1.29, 1.82) is 0 Å². The molecule has 7 nitrogen and oxygen atoms in total. The van der Waals surface area contributed by atoms with Gasteiger partial charge in [0.05, 0.1) is 33.1 Å². The van der Waals surface area contributed by atoms with Gasteiger partial charge >= 0.3 is 6.09 Å². The van der Waals surface area contributed by atoms with Crippen molar-refractivity contribution in [3.05, 3.63) is 52.9 Å². The Kier molecular flexibility index (Phi) is 6.74. The zero-order valence-corrected chi connectivity index (χ0v) is 17.0. The molecule has 0 aliphatic carbocycles. The number of hydrogen-bond donors (Lipinski definition) is 0. The minimum Gasteiger partial charge on any atom is -0.455 e. The summed E-state index contributed by atoms with van der Waals surface area (Å²) < 4.78 is 23.1. The van der Waals surface area contributed by atoms with Crippen LogP contribution in [0.2, 0.25) is 5.02 Å². The maximum absolute atomic E-state index is 12.6. The number of rotatable bonds is 5. The van der Waals surface area contributed by atoms with Gasteiger partial charge in [-0.2, -0.15) is 0 Å². The van der Waals surface area contributed by atoms with Crippen LogP contribution in [0.5, 0.6) is 0 Å². The highest BCUT2D eigenvalue weighted by Crippen LogP contribution is 2.22. The second-order valence-corrected chi connectivity index (χ2v) is 7.99. The molecule has 2 heterocycles. The van der Waals surface area contributed by atoms with Gasteiger partial charge in [-0.15, -0.1) is 0 Å². The summed E-state index contributed by atoms with van der Waals surface area (Å²) in [7, 11) is -1.37. The lowest BCUT2D eigenvalue weighted by molar-refractivity contribution is 0.0545. The van der Waals surface area contributed by atoms with Crippen LogP contribution in [0.3, 0.4) is 0 Å². The van der Waals surface area contributed by atoms with E-state index in [1.165, 1.54) is 0 Å². The van der Waals surface area contributed by atoms with Crippen LogP contribution in [0.15, 0.2) is 45.7 Å². The first-order valence-corrected chi connectivity index (χ1v) is 10.6. The topological polar surface area (TPSA) is 80.1 Å². The molecule has 0 spiro atoms. The number of hydrogen-bond acceptors (Lipinski definition) is 5. The van der Waals surface area contributed by atoms with Gasteiger partial charge in [-0.3, -0.25) is 9.00 Å². The molecule has 1 aromatic carbocycles. The monoisotopic (exact) mass is 424 g/mol. The first-order valence-electron chi connectivity index (χ1n) is 8.92. The van der Waals surface area contributed by atoms with Crippen molar-refractivity contribution in [3.63, 3.8) is 0 Å². The SMILES string of the molecule is CCOC(=O)N1CCN(C(=O)c2ccc(C[S@](=O)c3ccccc3Cl)o2)CC1. The number of ether oxygens (including phenoxy) is 1. The minimum absolute atomic E-state index is 0.133. The molecule has 1 aliphatic rings. The van der Waals surface area contributed by atoms with Gasteiger partial charge in [-0.1, -0.05) is 23.7 Å². The Bertz CT molecular complexity index is 877. The molecule has 1 aliphatic heterocycles. The van der Waals surface area contributed by atoms with Crippen molar-refractivity contribution in [3.8, 4) is 0 Å². The zero-order valence-electron chi connectivity index (χ0n) is 15.4. The smallest absolute Gasteiger partial charge is 0.409 e. The second kappa shape index (κ2) is 9.25. The number of amides is 2. The number of carbonyl (C=O) groups is 2. The lowest BCUT2D eigenvalue weighted by Gasteiger charge is -2.33. The lowest BCUT2D eigenvalue weighted by Crippen LogP contribution is -2.50. The van der Waals surface area contributed by atoms with E-state index in [0.29, 0.717) is 48.5 Å². The first kappa shape index (κ1) is 20.4. The summed E-state index contributed by atoms with van der Waals surface area (Å²) in [6, 6.07) is 10.2. The molecule has 0 bridgehead atoms.